The molecular weight excluding hydrogens is 521 g/mol. The number of carbonyl (C=O) groups excluding carboxylic acids is 1. The molecule has 1 amide bonds. The van der Waals surface area contributed by atoms with Crippen molar-refractivity contribution in [1.82, 2.24) is 5.32 Å². The van der Waals surface area contributed by atoms with E-state index in [9.17, 15) is 22.8 Å². The fraction of sp³-hybridized carbons (Fsp3) is 0.192. The molecule has 0 saturated carbocycles. The number of nitrogens with zero attached hydrogens (tertiary/aromatic N) is 1. The van der Waals surface area contributed by atoms with Crippen LogP contribution in [0.3, 0.4) is 0 Å². The smallest absolute Gasteiger partial charge is 0.414 e. The van der Waals surface area contributed by atoms with Crippen molar-refractivity contribution < 1.29 is 27.4 Å². The van der Waals surface area contributed by atoms with Crippen LogP contribution in [-0.2, 0) is 4.74 Å². The third kappa shape index (κ3) is 6.51. The van der Waals surface area contributed by atoms with Crippen molar-refractivity contribution in [3.63, 3.8) is 0 Å². The van der Waals surface area contributed by atoms with Gasteiger partial charge in [-0.3, -0.25) is 9.69 Å². The van der Waals surface area contributed by atoms with Gasteiger partial charge in [-0.15, -0.1) is 0 Å². The number of methoxy groups -OCH3 is 1. The highest BCUT2D eigenvalue weighted by Crippen LogP contribution is 2.28. The molecule has 8 nitrogen and oxygen atoms in total. The van der Waals surface area contributed by atoms with Gasteiger partial charge in [0.25, 0.3) is 6.43 Å². The lowest BCUT2D eigenvalue weighted by molar-refractivity contribution is 0.142. The van der Waals surface area contributed by atoms with Crippen LogP contribution >= 0.6 is 12.2 Å². The first-order chi connectivity index (χ1) is 18.2. The minimum atomic E-state index is -2.81. The first kappa shape index (κ1) is 26.7. The maximum absolute atomic E-state index is 14.9. The Kier molecular flexibility index (Phi) is 8.31. The number of thiocarbonyl (C=S) groups is 1. The van der Waals surface area contributed by atoms with E-state index >= 15 is 0 Å². The number of carbonyl (C=O) groups is 1. The Labute approximate surface area is 221 Å². The van der Waals surface area contributed by atoms with Gasteiger partial charge in [0.05, 0.1) is 37.3 Å². The lowest BCUT2D eigenvalue weighted by atomic mass is 10.2. The van der Waals surface area contributed by atoms with Crippen LogP contribution in [0, 0.1) is 5.82 Å². The van der Waals surface area contributed by atoms with Gasteiger partial charge in [-0.1, -0.05) is 12.2 Å². The second-order valence-corrected chi connectivity index (χ2v) is 8.64. The summed E-state index contributed by atoms with van der Waals surface area (Å²) in [7, 11) is 1.56. The summed E-state index contributed by atoms with van der Waals surface area (Å²) < 4.78 is 50.3. The number of alkyl halides is 2. The van der Waals surface area contributed by atoms with E-state index in [2.05, 4.69) is 28.2 Å². The number of halogens is 3. The Morgan fingerprint density at radius 2 is 1.66 bits per heavy atom. The zero-order valence-electron chi connectivity index (χ0n) is 20.0. The van der Waals surface area contributed by atoms with E-state index in [4.69, 9.17) is 9.47 Å². The molecule has 0 unspecified atom stereocenters. The van der Waals surface area contributed by atoms with Crippen LogP contribution in [0.15, 0.2) is 71.5 Å². The summed E-state index contributed by atoms with van der Waals surface area (Å²) in [5.74, 6) is 0.0326. The zero-order valence-corrected chi connectivity index (χ0v) is 20.9. The highest BCUT2D eigenvalue weighted by molar-refractivity contribution is 7.80. The standard InChI is InChI=1S/C26H23F3N4O4S/c1-36-18-7-2-15(3-8-18)32-22-9-4-16(5-11-23(22)34)31-21-10-6-17(12-20(21)27)33-14-19(37-26(33)35)13-30-25(38)24(28)29/h2-12,19,24,31H,13-14H2,1H3,(H,30,38)(H,32,34)/t19-/m0/s1. The second-order valence-electron chi connectivity index (χ2n) is 8.20. The first-order valence-electron chi connectivity index (χ1n) is 11.4. The Morgan fingerprint density at radius 3 is 2.32 bits per heavy atom. The second kappa shape index (κ2) is 11.8. The maximum Gasteiger partial charge on any atom is 0.414 e. The summed E-state index contributed by atoms with van der Waals surface area (Å²) in [4.78, 5) is 25.3. The fourth-order valence-electron chi connectivity index (χ4n) is 3.64. The average molecular weight is 545 g/mol. The molecule has 198 valence electrons. The molecule has 1 fully saturated rings. The van der Waals surface area contributed by atoms with Gasteiger partial charge in [0, 0.05) is 11.4 Å². The van der Waals surface area contributed by atoms with Crippen LogP contribution in [-0.4, -0.2) is 43.8 Å². The number of nitrogens with one attached hydrogen (secondary N) is 3. The predicted molar refractivity (Wildman–Crippen MR) is 143 cm³/mol. The summed E-state index contributed by atoms with van der Waals surface area (Å²) >= 11 is 4.51. The Balaban J connectivity index is 1.42. The van der Waals surface area contributed by atoms with E-state index in [-0.39, 0.29) is 29.9 Å². The molecule has 0 aromatic heterocycles. The minimum absolute atomic E-state index is 0.0364. The molecule has 3 aromatic carbocycles. The highest BCUT2D eigenvalue weighted by Gasteiger charge is 2.33. The van der Waals surface area contributed by atoms with Crippen molar-refractivity contribution in [3.05, 3.63) is 82.8 Å². The number of amides is 1. The van der Waals surface area contributed by atoms with Gasteiger partial charge in [0.15, 0.2) is 0 Å². The van der Waals surface area contributed by atoms with E-state index in [0.29, 0.717) is 22.8 Å². The number of anilines is 5. The third-order valence-corrected chi connectivity index (χ3v) is 5.92. The van der Waals surface area contributed by atoms with Crippen molar-refractivity contribution in [1.29, 1.82) is 0 Å². The van der Waals surface area contributed by atoms with E-state index in [0.717, 1.165) is 6.07 Å². The summed E-state index contributed by atoms with van der Waals surface area (Å²) in [5.41, 5.74) is 1.56. The summed E-state index contributed by atoms with van der Waals surface area (Å²) in [5, 5.41) is 8.32. The molecule has 0 bridgehead atoms. The van der Waals surface area contributed by atoms with E-state index < -0.39 is 29.4 Å². The Hall–Kier alpha value is -4.32. The van der Waals surface area contributed by atoms with Gasteiger partial charge in [-0.25, -0.2) is 18.0 Å². The highest BCUT2D eigenvalue weighted by atomic mass is 32.1. The van der Waals surface area contributed by atoms with E-state index in [1.807, 2.05) is 0 Å². The van der Waals surface area contributed by atoms with Crippen molar-refractivity contribution in [3.8, 4) is 5.75 Å². The molecule has 1 atom stereocenters. The fourth-order valence-corrected chi connectivity index (χ4v) is 3.72. The molecule has 12 heteroatoms. The molecule has 4 rings (SSSR count). The van der Waals surface area contributed by atoms with Gasteiger partial charge in [-0.05, 0) is 66.7 Å². The van der Waals surface area contributed by atoms with Crippen molar-refractivity contribution in [2.24, 2.45) is 0 Å². The van der Waals surface area contributed by atoms with Crippen LogP contribution in [0.4, 0.5) is 46.4 Å². The van der Waals surface area contributed by atoms with E-state index in [1.54, 1.807) is 43.5 Å². The molecule has 1 aliphatic heterocycles. The third-order valence-electron chi connectivity index (χ3n) is 5.60. The lowest BCUT2D eigenvalue weighted by Gasteiger charge is -2.15. The van der Waals surface area contributed by atoms with Gasteiger partial charge < -0.3 is 25.4 Å². The number of hydrogen-bond donors (Lipinski definition) is 3. The van der Waals surface area contributed by atoms with Crippen LogP contribution < -0.4 is 31.0 Å². The van der Waals surface area contributed by atoms with Gasteiger partial charge in [0.1, 0.15) is 22.7 Å². The number of benzene rings is 2. The molecule has 0 radical (unpaired) electrons. The molecule has 0 spiro atoms. The zero-order chi connectivity index (χ0) is 27.2. The van der Waals surface area contributed by atoms with Crippen molar-refractivity contribution >= 4 is 51.7 Å². The van der Waals surface area contributed by atoms with Crippen LogP contribution in [0.5, 0.6) is 5.75 Å². The summed E-state index contributed by atoms with van der Waals surface area (Å²) in [6, 6.07) is 17.3. The molecule has 1 heterocycles. The van der Waals surface area contributed by atoms with Crippen molar-refractivity contribution in [2.45, 2.75) is 12.5 Å². The van der Waals surface area contributed by atoms with E-state index in [1.165, 1.54) is 29.2 Å². The molecule has 38 heavy (non-hydrogen) atoms. The largest absolute Gasteiger partial charge is 0.497 e. The van der Waals surface area contributed by atoms with Crippen molar-refractivity contribution in [2.75, 3.05) is 35.7 Å². The summed E-state index contributed by atoms with van der Waals surface area (Å²) in [6.07, 6.45) is -4.27. The number of cyclic esters (lactones) is 1. The van der Waals surface area contributed by atoms with Crippen LogP contribution in [0.1, 0.15) is 0 Å². The molecule has 1 saturated heterocycles. The molecular formula is C26H23F3N4O4S. The molecule has 1 aliphatic rings. The predicted octanol–water partition coefficient (Wildman–Crippen LogP) is 5.19. The molecule has 3 N–H and O–H groups in total. The SMILES string of the molecule is COc1ccc(Nc2ccc(Nc3ccc(N4C[C@H](CNC(=S)C(F)F)OC4=O)cc3F)ccc2=O)cc1. The molecule has 3 aromatic rings. The van der Waals surface area contributed by atoms with Gasteiger partial charge >= 0.3 is 6.09 Å². The Morgan fingerprint density at radius 1 is 1.03 bits per heavy atom. The maximum atomic E-state index is 14.9. The quantitative estimate of drug-likeness (QED) is 0.317. The number of ether oxygens (including phenoxy) is 2. The Bertz CT molecular complexity index is 1390. The van der Waals surface area contributed by atoms with Gasteiger partial charge in [-0.2, -0.15) is 0 Å². The summed E-state index contributed by atoms with van der Waals surface area (Å²) in [6.45, 7) is -0.0513. The van der Waals surface area contributed by atoms with Crippen LogP contribution in [0.25, 0.3) is 0 Å². The topological polar surface area (TPSA) is 91.9 Å². The first-order valence-corrected chi connectivity index (χ1v) is 11.8. The minimum Gasteiger partial charge on any atom is -0.497 e. The lowest BCUT2D eigenvalue weighted by Crippen LogP contribution is -2.36. The normalized spacial score (nSPS) is 14.7. The monoisotopic (exact) mass is 544 g/mol. The number of hydrogen-bond acceptors (Lipinski definition) is 7. The molecule has 0 aliphatic carbocycles. The number of rotatable bonds is 9. The average Bonchev–Trinajstić information content (AvgIpc) is 3.20. The van der Waals surface area contributed by atoms with Gasteiger partial charge in [0.2, 0.25) is 5.43 Å². The van der Waals surface area contributed by atoms with Crippen LogP contribution in [0.2, 0.25) is 0 Å².